The van der Waals surface area contributed by atoms with Gasteiger partial charge in [-0.15, -0.1) is 24.0 Å². The van der Waals surface area contributed by atoms with E-state index in [9.17, 15) is 4.79 Å². The topological polar surface area (TPSA) is 74.8 Å². The first-order chi connectivity index (χ1) is 11.3. The summed E-state index contributed by atoms with van der Waals surface area (Å²) in [6.07, 6.45) is 8.60. The zero-order valence-electron chi connectivity index (χ0n) is 14.8. The van der Waals surface area contributed by atoms with Crippen LogP contribution < -0.4 is 16.0 Å². The van der Waals surface area contributed by atoms with Crippen LogP contribution in [0.3, 0.4) is 0 Å². The van der Waals surface area contributed by atoms with Crippen LogP contribution in [0.1, 0.15) is 51.9 Å². The average Bonchev–Trinajstić information content (AvgIpc) is 3.28. The highest BCUT2D eigenvalue weighted by molar-refractivity contribution is 14.0. The SMILES string of the molecule is CCNC(=NCCCOC1CCCC1)NCCNC(=O)C1CC1.I. The zero-order valence-corrected chi connectivity index (χ0v) is 17.1. The number of hydrogen-bond acceptors (Lipinski definition) is 3. The van der Waals surface area contributed by atoms with Crippen LogP contribution in [0.5, 0.6) is 0 Å². The molecule has 0 saturated heterocycles. The summed E-state index contributed by atoms with van der Waals surface area (Å²) >= 11 is 0. The Morgan fingerprint density at radius 2 is 1.79 bits per heavy atom. The minimum absolute atomic E-state index is 0. The first-order valence-corrected chi connectivity index (χ1v) is 9.21. The maximum absolute atomic E-state index is 11.5. The van der Waals surface area contributed by atoms with E-state index in [4.69, 9.17) is 4.74 Å². The number of nitrogens with one attached hydrogen (secondary N) is 3. The molecule has 2 aliphatic carbocycles. The van der Waals surface area contributed by atoms with Crippen molar-refractivity contribution in [3.8, 4) is 0 Å². The second kappa shape index (κ2) is 12.7. The number of aliphatic imine (C=N–C) groups is 1. The van der Waals surface area contributed by atoms with Crippen LogP contribution in [-0.2, 0) is 9.53 Å². The molecule has 2 fully saturated rings. The predicted molar refractivity (Wildman–Crippen MR) is 108 cm³/mol. The van der Waals surface area contributed by atoms with Gasteiger partial charge in [-0.25, -0.2) is 0 Å². The molecule has 0 spiro atoms. The number of guanidine groups is 1. The Balaban J connectivity index is 0.00000288. The van der Waals surface area contributed by atoms with Crippen molar-refractivity contribution >= 4 is 35.8 Å². The molecule has 3 N–H and O–H groups in total. The van der Waals surface area contributed by atoms with Gasteiger partial charge in [-0.1, -0.05) is 12.8 Å². The van der Waals surface area contributed by atoms with Crippen molar-refractivity contribution in [2.24, 2.45) is 10.9 Å². The van der Waals surface area contributed by atoms with Gasteiger partial charge in [0.15, 0.2) is 5.96 Å². The lowest BCUT2D eigenvalue weighted by molar-refractivity contribution is -0.122. The third-order valence-electron chi connectivity index (χ3n) is 4.24. The molecule has 1 amide bonds. The molecule has 2 aliphatic rings. The van der Waals surface area contributed by atoms with Gasteiger partial charge in [0.2, 0.25) is 5.91 Å². The fourth-order valence-electron chi connectivity index (χ4n) is 2.76. The lowest BCUT2D eigenvalue weighted by atomic mass is 10.3. The van der Waals surface area contributed by atoms with E-state index >= 15 is 0 Å². The van der Waals surface area contributed by atoms with Crippen molar-refractivity contribution in [3.63, 3.8) is 0 Å². The van der Waals surface area contributed by atoms with Crippen LogP contribution in [0.2, 0.25) is 0 Å². The average molecular weight is 452 g/mol. The van der Waals surface area contributed by atoms with Crippen LogP contribution in [-0.4, -0.2) is 50.8 Å². The van der Waals surface area contributed by atoms with E-state index in [1.807, 2.05) is 0 Å². The molecule has 0 atom stereocenters. The normalized spacial score (nSPS) is 18.1. The number of ether oxygens (including phenoxy) is 1. The van der Waals surface area contributed by atoms with Crippen LogP contribution in [0, 0.1) is 5.92 Å². The van der Waals surface area contributed by atoms with Crippen LogP contribution in [0.15, 0.2) is 4.99 Å². The smallest absolute Gasteiger partial charge is 0.223 e. The Bertz CT molecular complexity index is 383. The molecule has 6 nitrogen and oxygen atoms in total. The second-order valence-corrected chi connectivity index (χ2v) is 6.38. The van der Waals surface area contributed by atoms with Crippen LogP contribution in [0.25, 0.3) is 0 Å². The number of rotatable bonds is 10. The molecule has 0 aromatic carbocycles. The van der Waals surface area contributed by atoms with E-state index in [0.29, 0.717) is 19.2 Å². The molecule has 140 valence electrons. The monoisotopic (exact) mass is 452 g/mol. The standard InChI is InChI=1S/C17H32N4O2.HI/c1-2-18-17(21-12-11-19-16(22)14-8-9-14)20-10-5-13-23-15-6-3-4-7-15;/h14-15H,2-13H2,1H3,(H,19,22)(H2,18,20,21);1H. The number of carbonyl (C=O) groups is 1. The summed E-state index contributed by atoms with van der Waals surface area (Å²) in [6.45, 7) is 5.78. The van der Waals surface area contributed by atoms with Gasteiger partial charge >= 0.3 is 0 Å². The fourth-order valence-corrected chi connectivity index (χ4v) is 2.76. The van der Waals surface area contributed by atoms with Crippen molar-refractivity contribution in [2.45, 2.75) is 58.0 Å². The molecule has 2 saturated carbocycles. The summed E-state index contributed by atoms with van der Waals surface area (Å²) in [4.78, 5) is 16.1. The maximum atomic E-state index is 11.5. The Kier molecular flexibility index (Phi) is 11.4. The van der Waals surface area contributed by atoms with Gasteiger partial charge in [0.1, 0.15) is 0 Å². The van der Waals surface area contributed by atoms with Crippen LogP contribution in [0.4, 0.5) is 0 Å². The van der Waals surface area contributed by atoms with E-state index in [2.05, 4.69) is 27.9 Å². The minimum atomic E-state index is 0. The molecule has 2 rings (SSSR count). The molecule has 0 aromatic heterocycles. The van der Waals surface area contributed by atoms with Crippen molar-refractivity contribution in [2.75, 3.05) is 32.8 Å². The number of halogens is 1. The van der Waals surface area contributed by atoms with E-state index in [-0.39, 0.29) is 35.8 Å². The molecule has 7 heteroatoms. The van der Waals surface area contributed by atoms with Crippen molar-refractivity contribution in [3.05, 3.63) is 0 Å². The van der Waals surface area contributed by atoms with Crippen LogP contribution >= 0.6 is 24.0 Å². The van der Waals surface area contributed by atoms with E-state index < -0.39 is 0 Å². The highest BCUT2D eigenvalue weighted by atomic mass is 127. The van der Waals surface area contributed by atoms with Gasteiger partial charge in [0.25, 0.3) is 0 Å². The summed E-state index contributed by atoms with van der Waals surface area (Å²) in [5.74, 6) is 1.28. The Morgan fingerprint density at radius 1 is 1.08 bits per heavy atom. The molecular formula is C17H33IN4O2. The highest BCUT2D eigenvalue weighted by Crippen LogP contribution is 2.28. The Morgan fingerprint density at radius 3 is 2.46 bits per heavy atom. The van der Waals surface area contributed by atoms with Gasteiger partial charge in [0, 0.05) is 38.7 Å². The summed E-state index contributed by atoms with van der Waals surface area (Å²) in [7, 11) is 0. The molecule has 0 bridgehead atoms. The van der Waals surface area contributed by atoms with E-state index in [1.54, 1.807) is 0 Å². The summed E-state index contributed by atoms with van der Waals surface area (Å²) in [5.41, 5.74) is 0. The molecule has 0 unspecified atom stereocenters. The quantitative estimate of drug-likeness (QED) is 0.205. The van der Waals surface area contributed by atoms with Crippen molar-refractivity contribution in [1.82, 2.24) is 16.0 Å². The molecule has 0 aromatic rings. The molecule has 0 heterocycles. The summed E-state index contributed by atoms with van der Waals surface area (Å²) < 4.78 is 5.84. The largest absolute Gasteiger partial charge is 0.378 e. The van der Waals surface area contributed by atoms with Gasteiger partial charge in [-0.05, 0) is 39.0 Å². The van der Waals surface area contributed by atoms with Gasteiger partial charge < -0.3 is 20.7 Å². The third-order valence-corrected chi connectivity index (χ3v) is 4.24. The zero-order chi connectivity index (χ0) is 16.3. The molecule has 0 radical (unpaired) electrons. The minimum Gasteiger partial charge on any atom is -0.378 e. The van der Waals surface area contributed by atoms with Gasteiger partial charge in [0.05, 0.1) is 6.10 Å². The maximum Gasteiger partial charge on any atom is 0.223 e. The third kappa shape index (κ3) is 9.05. The number of carbonyl (C=O) groups excluding carboxylic acids is 1. The summed E-state index contributed by atoms with van der Waals surface area (Å²) in [5, 5.41) is 9.42. The first kappa shape index (κ1) is 21.5. The summed E-state index contributed by atoms with van der Waals surface area (Å²) in [6, 6.07) is 0. The van der Waals surface area contributed by atoms with Crippen molar-refractivity contribution in [1.29, 1.82) is 0 Å². The molecule has 0 aliphatic heterocycles. The Labute approximate surface area is 163 Å². The lowest BCUT2D eigenvalue weighted by Crippen LogP contribution is -2.41. The van der Waals surface area contributed by atoms with E-state index in [1.165, 1.54) is 25.7 Å². The Hall–Kier alpha value is -0.570. The highest BCUT2D eigenvalue weighted by Gasteiger charge is 2.28. The number of hydrogen-bond donors (Lipinski definition) is 3. The lowest BCUT2D eigenvalue weighted by Gasteiger charge is -2.12. The van der Waals surface area contributed by atoms with E-state index in [0.717, 1.165) is 44.9 Å². The molecule has 24 heavy (non-hydrogen) atoms. The number of nitrogens with zero attached hydrogens (tertiary/aromatic N) is 1. The van der Waals surface area contributed by atoms with Gasteiger partial charge in [-0.2, -0.15) is 0 Å². The second-order valence-electron chi connectivity index (χ2n) is 6.38. The predicted octanol–water partition coefficient (Wildman–Crippen LogP) is 2.04. The molecular weight excluding hydrogens is 419 g/mol. The number of amides is 1. The first-order valence-electron chi connectivity index (χ1n) is 9.21. The van der Waals surface area contributed by atoms with Gasteiger partial charge in [-0.3, -0.25) is 9.79 Å². The fraction of sp³-hybridized carbons (Fsp3) is 0.882. The van der Waals surface area contributed by atoms with Crippen molar-refractivity contribution < 1.29 is 9.53 Å².